The molecule has 0 spiro atoms. The van der Waals surface area contributed by atoms with E-state index in [9.17, 15) is 4.79 Å². The van der Waals surface area contributed by atoms with Gasteiger partial charge in [-0.15, -0.1) is 0 Å². The van der Waals surface area contributed by atoms with E-state index in [1.807, 2.05) is 6.92 Å². The van der Waals surface area contributed by atoms with Crippen molar-refractivity contribution in [3.8, 4) is 5.75 Å². The molecule has 1 aromatic heterocycles. The molecule has 7 heteroatoms. The van der Waals surface area contributed by atoms with E-state index in [4.69, 9.17) is 4.74 Å². The second-order valence-electron chi connectivity index (χ2n) is 4.01. The number of urea groups is 1. The number of benzene rings is 1. The molecule has 20 heavy (non-hydrogen) atoms. The number of carbonyl (C=O) groups excluding carboxylic acids is 1. The van der Waals surface area contributed by atoms with Crippen molar-refractivity contribution in [3.63, 3.8) is 0 Å². The van der Waals surface area contributed by atoms with Crippen LogP contribution in [0, 0.1) is 0 Å². The summed E-state index contributed by atoms with van der Waals surface area (Å²) in [7, 11) is 1.59. The maximum atomic E-state index is 11.8. The Balaban J connectivity index is 1.99. The first-order chi connectivity index (χ1) is 9.62. The van der Waals surface area contributed by atoms with Crippen LogP contribution in [0.1, 0.15) is 6.92 Å². The minimum absolute atomic E-state index is 0.322. The summed E-state index contributed by atoms with van der Waals surface area (Å²) in [6.45, 7) is 2.74. The first-order valence-electron chi connectivity index (χ1n) is 6.06. The highest BCUT2D eigenvalue weighted by Gasteiger charge is 2.06. The Labute approximate surface area is 125 Å². The van der Waals surface area contributed by atoms with E-state index in [-0.39, 0.29) is 6.03 Å². The van der Waals surface area contributed by atoms with Gasteiger partial charge in [0.05, 0.1) is 23.5 Å². The molecule has 2 aromatic rings. The largest absolute Gasteiger partial charge is 0.496 e. The van der Waals surface area contributed by atoms with Crippen molar-refractivity contribution < 1.29 is 9.53 Å². The summed E-state index contributed by atoms with van der Waals surface area (Å²) in [6.07, 6.45) is 3.37. The first-order valence-corrected chi connectivity index (χ1v) is 6.85. The minimum atomic E-state index is -0.322. The smallest absolute Gasteiger partial charge is 0.323 e. The number of aryl methyl sites for hydroxylation is 1. The molecular weight excluding hydrogens is 324 g/mol. The van der Waals surface area contributed by atoms with Crippen LogP contribution in [0.2, 0.25) is 0 Å². The van der Waals surface area contributed by atoms with Crippen LogP contribution in [0.3, 0.4) is 0 Å². The van der Waals surface area contributed by atoms with Gasteiger partial charge in [-0.05, 0) is 41.1 Å². The predicted octanol–water partition coefficient (Wildman–Crippen LogP) is 3.32. The van der Waals surface area contributed by atoms with E-state index in [0.29, 0.717) is 17.1 Å². The third-order valence-corrected chi connectivity index (χ3v) is 3.24. The van der Waals surface area contributed by atoms with Crippen LogP contribution in [0.25, 0.3) is 0 Å². The predicted molar refractivity (Wildman–Crippen MR) is 81.2 cm³/mol. The lowest BCUT2D eigenvalue weighted by Crippen LogP contribution is -2.19. The molecule has 0 saturated heterocycles. The summed E-state index contributed by atoms with van der Waals surface area (Å²) < 4.78 is 7.64. The van der Waals surface area contributed by atoms with Gasteiger partial charge in [-0.2, -0.15) is 5.10 Å². The maximum Gasteiger partial charge on any atom is 0.323 e. The van der Waals surface area contributed by atoms with Crippen LogP contribution in [-0.4, -0.2) is 22.9 Å². The molecule has 0 fully saturated rings. The Morgan fingerprint density at radius 1 is 1.40 bits per heavy atom. The molecule has 2 rings (SSSR count). The fourth-order valence-electron chi connectivity index (χ4n) is 1.64. The SMILES string of the molecule is CCn1cc(NC(=O)Nc2ccc(OC)c(Br)c2)cn1. The quantitative estimate of drug-likeness (QED) is 0.898. The number of aromatic nitrogens is 2. The van der Waals surface area contributed by atoms with E-state index in [1.54, 1.807) is 42.4 Å². The normalized spacial score (nSPS) is 10.2. The number of ether oxygens (including phenoxy) is 1. The molecule has 0 saturated carbocycles. The van der Waals surface area contributed by atoms with Gasteiger partial charge >= 0.3 is 6.03 Å². The van der Waals surface area contributed by atoms with Crippen LogP contribution in [0.5, 0.6) is 5.75 Å². The van der Waals surface area contributed by atoms with Crippen molar-refractivity contribution in [1.82, 2.24) is 9.78 Å². The molecule has 2 amide bonds. The van der Waals surface area contributed by atoms with Gasteiger partial charge in [0.2, 0.25) is 0 Å². The van der Waals surface area contributed by atoms with Crippen molar-refractivity contribution in [2.45, 2.75) is 13.5 Å². The fraction of sp³-hybridized carbons (Fsp3) is 0.231. The molecule has 0 aliphatic heterocycles. The number of carbonyl (C=O) groups is 1. The summed E-state index contributed by atoms with van der Waals surface area (Å²) in [5, 5.41) is 9.53. The van der Waals surface area contributed by atoms with Crippen molar-refractivity contribution in [2.75, 3.05) is 17.7 Å². The molecule has 106 valence electrons. The van der Waals surface area contributed by atoms with Crippen LogP contribution in [0.15, 0.2) is 35.1 Å². The van der Waals surface area contributed by atoms with Gasteiger partial charge < -0.3 is 15.4 Å². The molecule has 0 bridgehead atoms. The topological polar surface area (TPSA) is 68.2 Å². The lowest BCUT2D eigenvalue weighted by molar-refractivity contribution is 0.262. The van der Waals surface area contributed by atoms with Gasteiger partial charge in [0.1, 0.15) is 5.75 Å². The minimum Gasteiger partial charge on any atom is -0.496 e. The lowest BCUT2D eigenvalue weighted by Gasteiger charge is -2.08. The molecule has 1 heterocycles. The van der Waals surface area contributed by atoms with E-state index < -0.39 is 0 Å². The monoisotopic (exact) mass is 338 g/mol. The molecule has 0 radical (unpaired) electrons. The van der Waals surface area contributed by atoms with Crippen molar-refractivity contribution in [2.24, 2.45) is 0 Å². The van der Waals surface area contributed by atoms with Gasteiger partial charge in [0.15, 0.2) is 0 Å². The molecule has 0 aliphatic rings. The summed E-state index contributed by atoms with van der Waals surface area (Å²) in [4.78, 5) is 11.8. The van der Waals surface area contributed by atoms with Crippen molar-refractivity contribution >= 4 is 33.3 Å². The van der Waals surface area contributed by atoms with Crippen molar-refractivity contribution in [3.05, 3.63) is 35.1 Å². The average molecular weight is 339 g/mol. The van der Waals surface area contributed by atoms with Gasteiger partial charge in [-0.3, -0.25) is 4.68 Å². The Morgan fingerprint density at radius 2 is 2.15 bits per heavy atom. The zero-order chi connectivity index (χ0) is 14.5. The number of halogens is 1. The van der Waals surface area contributed by atoms with Crippen LogP contribution < -0.4 is 15.4 Å². The zero-order valence-electron chi connectivity index (χ0n) is 11.2. The highest BCUT2D eigenvalue weighted by Crippen LogP contribution is 2.27. The number of hydrogen-bond acceptors (Lipinski definition) is 3. The van der Waals surface area contributed by atoms with Crippen molar-refractivity contribution in [1.29, 1.82) is 0 Å². The Bertz CT molecular complexity index is 612. The molecule has 2 N–H and O–H groups in total. The standard InChI is InChI=1S/C13H15BrN4O2/c1-3-18-8-10(7-15-18)17-13(19)16-9-4-5-12(20-2)11(14)6-9/h4-8H,3H2,1-2H3,(H2,16,17,19). The highest BCUT2D eigenvalue weighted by molar-refractivity contribution is 9.10. The zero-order valence-corrected chi connectivity index (χ0v) is 12.8. The number of methoxy groups -OCH3 is 1. The second kappa shape index (κ2) is 6.42. The number of amides is 2. The third kappa shape index (κ3) is 3.51. The Kier molecular flexibility index (Phi) is 4.62. The van der Waals surface area contributed by atoms with Gasteiger partial charge in [0.25, 0.3) is 0 Å². The first kappa shape index (κ1) is 14.4. The van der Waals surface area contributed by atoms with Gasteiger partial charge in [0, 0.05) is 18.4 Å². The number of anilines is 2. The highest BCUT2D eigenvalue weighted by atomic mass is 79.9. The van der Waals surface area contributed by atoms with Crippen LogP contribution in [0.4, 0.5) is 16.2 Å². The van der Waals surface area contributed by atoms with E-state index in [0.717, 1.165) is 11.0 Å². The van der Waals surface area contributed by atoms with Crippen LogP contribution in [-0.2, 0) is 6.54 Å². The molecule has 0 aliphatic carbocycles. The summed E-state index contributed by atoms with van der Waals surface area (Å²) in [5.74, 6) is 0.709. The third-order valence-electron chi connectivity index (χ3n) is 2.62. The fourth-order valence-corrected chi connectivity index (χ4v) is 2.18. The number of nitrogens with zero attached hydrogens (tertiary/aromatic N) is 2. The Morgan fingerprint density at radius 3 is 2.75 bits per heavy atom. The molecule has 0 unspecified atom stereocenters. The summed E-state index contributed by atoms with van der Waals surface area (Å²) in [6, 6.07) is 4.99. The molecular formula is C13H15BrN4O2. The molecule has 6 nitrogen and oxygen atoms in total. The second-order valence-corrected chi connectivity index (χ2v) is 4.87. The van der Waals surface area contributed by atoms with E-state index in [1.165, 1.54) is 0 Å². The number of hydrogen-bond donors (Lipinski definition) is 2. The van der Waals surface area contributed by atoms with Gasteiger partial charge in [-0.1, -0.05) is 0 Å². The molecule has 1 aromatic carbocycles. The van der Waals surface area contributed by atoms with Crippen LogP contribution >= 0.6 is 15.9 Å². The summed E-state index contributed by atoms with van der Waals surface area (Å²) >= 11 is 3.37. The molecule has 0 atom stereocenters. The number of nitrogens with one attached hydrogen (secondary N) is 2. The summed E-state index contributed by atoms with van der Waals surface area (Å²) in [5.41, 5.74) is 1.31. The van der Waals surface area contributed by atoms with Gasteiger partial charge in [-0.25, -0.2) is 4.79 Å². The Hall–Kier alpha value is -2.02. The average Bonchev–Trinajstić information content (AvgIpc) is 2.86. The number of rotatable bonds is 4. The van der Waals surface area contributed by atoms with E-state index in [2.05, 4.69) is 31.7 Å². The maximum absolute atomic E-state index is 11.8. The lowest BCUT2D eigenvalue weighted by atomic mass is 10.3. The van der Waals surface area contributed by atoms with E-state index >= 15 is 0 Å².